The monoisotopic (exact) mass is 111 g/mol. The zero-order chi connectivity index (χ0) is 5.98. The van der Waals surface area contributed by atoms with Crippen LogP contribution in [0.2, 0.25) is 0 Å². The fourth-order valence-electron chi connectivity index (χ4n) is 1.03. The van der Waals surface area contributed by atoms with Crippen LogP contribution in [0.3, 0.4) is 0 Å². The van der Waals surface area contributed by atoms with Crippen LogP contribution in [0.25, 0.3) is 0 Å². The molecule has 1 heterocycles. The van der Waals surface area contributed by atoms with Crippen molar-refractivity contribution in [3.05, 3.63) is 6.92 Å². The highest BCUT2D eigenvalue weighted by Gasteiger charge is 2.10. The first-order valence-electron chi connectivity index (χ1n) is 3.23. The molecule has 0 aromatic rings. The first-order valence-corrected chi connectivity index (χ1v) is 3.23. The quantitative estimate of drug-likeness (QED) is 0.451. The molecule has 2 radical (unpaired) electrons. The van der Waals surface area contributed by atoms with Gasteiger partial charge in [-0.25, -0.2) is 0 Å². The number of likely N-dealkylation sites (tertiary alicyclic amines) is 1. The summed E-state index contributed by atoms with van der Waals surface area (Å²) in [5.74, 6) is 0.478. The van der Waals surface area contributed by atoms with Gasteiger partial charge in [0.15, 0.2) is 0 Å². The topological polar surface area (TPSA) is 3.24 Å². The lowest BCUT2D eigenvalue weighted by Gasteiger charge is -2.25. The third kappa shape index (κ3) is 1.48. The standard InChI is InChI=1S/C7H13N/c1-7-3-5-8(2)6-4-7/h1,7H,3-6H2,2H3. The minimum Gasteiger partial charge on any atom is -0.306 e. The van der Waals surface area contributed by atoms with E-state index in [2.05, 4.69) is 11.9 Å². The summed E-state index contributed by atoms with van der Waals surface area (Å²) in [6.45, 7) is 8.03. The summed E-state index contributed by atoms with van der Waals surface area (Å²) in [6, 6.07) is 0. The van der Waals surface area contributed by atoms with Crippen LogP contribution in [-0.4, -0.2) is 25.0 Å². The first-order chi connectivity index (χ1) is 3.79. The second-order valence-corrected chi connectivity index (χ2v) is 2.64. The molecule has 0 spiro atoms. The molecule has 1 rings (SSSR count). The van der Waals surface area contributed by atoms with E-state index in [0.717, 1.165) is 0 Å². The summed E-state index contributed by atoms with van der Waals surface area (Å²) in [5.41, 5.74) is 0. The lowest BCUT2D eigenvalue weighted by molar-refractivity contribution is 0.243. The van der Waals surface area contributed by atoms with E-state index in [9.17, 15) is 0 Å². The van der Waals surface area contributed by atoms with Crippen molar-refractivity contribution >= 4 is 0 Å². The largest absolute Gasteiger partial charge is 0.306 e. The van der Waals surface area contributed by atoms with Crippen molar-refractivity contribution < 1.29 is 0 Å². The molecule has 1 nitrogen and oxygen atoms in total. The molecule has 0 bridgehead atoms. The van der Waals surface area contributed by atoms with E-state index in [1.54, 1.807) is 0 Å². The van der Waals surface area contributed by atoms with Crippen molar-refractivity contribution in [2.24, 2.45) is 5.92 Å². The normalized spacial score (nSPS) is 26.2. The van der Waals surface area contributed by atoms with Gasteiger partial charge in [-0.1, -0.05) is 0 Å². The van der Waals surface area contributed by atoms with Crippen LogP contribution in [0.5, 0.6) is 0 Å². The van der Waals surface area contributed by atoms with Crippen LogP contribution in [0.1, 0.15) is 12.8 Å². The van der Waals surface area contributed by atoms with Gasteiger partial charge in [0, 0.05) is 0 Å². The summed E-state index contributed by atoms with van der Waals surface area (Å²) >= 11 is 0. The Morgan fingerprint density at radius 3 is 2.25 bits per heavy atom. The zero-order valence-corrected chi connectivity index (χ0v) is 5.43. The van der Waals surface area contributed by atoms with Crippen molar-refractivity contribution in [2.75, 3.05) is 20.1 Å². The maximum atomic E-state index is 5.67. The Bertz CT molecular complexity index is 52.8. The Morgan fingerprint density at radius 2 is 1.88 bits per heavy atom. The molecule has 8 heavy (non-hydrogen) atoms. The van der Waals surface area contributed by atoms with E-state index in [1.807, 2.05) is 0 Å². The van der Waals surface area contributed by atoms with Gasteiger partial charge in [-0.15, -0.1) is 0 Å². The average molecular weight is 111 g/mol. The predicted octanol–water partition coefficient (Wildman–Crippen LogP) is 1.04. The second-order valence-electron chi connectivity index (χ2n) is 2.64. The Balaban J connectivity index is 2.19. The molecule has 1 aliphatic heterocycles. The van der Waals surface area contributed by atoms with Crippen molar-refractivity contribution in [3.8, 4) is 0 Å². The van der Waals surface area contributed by atoms with Gasteiger partial charge in [0.1, 0.15) is 0 Å². The van der Waals surface area contributed by atoms with Crippen molar-refractivity contribution in [1.29, 1.82) is 0 Å². The van der Waals surface area contributed by atoms with Gasteiger partial charge in [0.25, 0.3) is 0 Å². The summed E-state index contributed by atoms with van der Waals surface area (Å²) in [7, 11) is 2.14. The lowest BCUT2D eigenvalue weighted by atomic mass is 10.00. The van der Waals surface area contributed by atoms with Crippen LogP contribution in [0, 0.1) is 12.8 Å². The smallest absolute Gasteiger partial charge is 0.00190 e. The van der Waals surface area contributed by atoms with E-state index >= 15 is 0 Å². The Kier molecular flexibility index (Phi) is 1.90. The molecule has 0 aromatic carbocycles. The predicted molar refractivity (Wildman–Crippen MR) is 34.5 cm³/mol. The maximum absolute atomic E-state index is 5.67. The molecular formula is C7H13N. The van der Waals surface area contributed by atoms with Crippen LogP contribution in [0.4, 0.5) is 0 Å². The van der Waals surface area contributed by atoms with Gasteiger partial charge in [0.05, 0.1) is 0 Å². The van der Waals surface area contributed by atoms with Crippen LogP contribution in [-0.2, 0) is 0 Å². The molecule has 0 unspecified atom stereocenters. The maximum Gasteiger partial charge on any atom is -0.00190 e. The third-order valence-corrected chi connectivity index (χ3v) is 1.76. The van der Waals surface area contributed by atoms with Crippen molar-refractivity contribution in [3.63, 3.8) is 0 Å². The summed E-state index contributed by atoms with van der Waals surface area (Å²) < 4.78 is 0. The highest BCUT2D eigenvalue weighted by Crippen LogP contribution is 2.13. The van der Waals surface area contributed by atoms with Gasteiger partial charge >= 0.3 is 0 Å². The summed E-state index contributed by atoms with van der Waals surface area (Å²) in [4.78, 5) is 2.32. The minimum atomic E-state index is 0.478. The highest BCUT2D eigenvalue weighted by molar-refractivity contribution is 4.70. The zero-order valence-electron chi connectivity index (χ0n) is 5.43. The molecule has 1 fully saturated rings. The number of hydrogen-bond donors (Lipinski definition) is 0. The molecule has 1 heteroatoms. The molecule has 0 atom stereocenters. The van der Waals surface area contributed by atoms with Gasteiger partial charge in [-0.05, 0) is 45.8 Å². The fourth-order valence-corrected chi connectivity index (χ4v) is 1.03. The average Bonchev–Trinajstić information content (AvgIpc) is 1.77. The Morgan fingerprint density at radius 1 is 1.38 bits per heavy atom. The van der Waals surface area contributed by atoms with Crippen LogP contribution >= 0.6 is 0 Å². The van der Waals surface area contributed by atoms with E-state index in [4.69, 9.17) is 6.92 Å². The van der Waals surface area contributed by atoms with Crippen LogP contribution < -0.4 is 0 Å². The molecule has 0 amide bonds. The molecule has 0 saturated carbocycles. The SMILES string of the molecule is [CH]C1CCN(C)CC1. The van der Waals surface area contributed by atoms with Crippen molar-refractivity contribution in [1.82, 2.24) is 4.90 Å². The van der Waals surface area contributed by atoms with Crippen molar-refractivity contribution in [2.45, 2.75) is 12.8 Å². The molecule has 0 aliphatic carbocycles. The lowest BCUT2D eigenvalue weighted by Crippen LogP contribution is -2.28. The molecule has 1 saturated heterocycles. The summed E-state index contributed by atoms with van der Waals surface area (Å²) in [6.07, 6.45) is 2.35. The minimum absolute atomic E-state index is 0.478. The van der Waals surface area contributed by atoms with E-state index in [-0.39, 0.29) is 0 Å². The first kappa shape index (κ1) is 6.09. The van der Waals surface area contributed by atoms with E-state index in [0.29, 0.717) is 5.92 Å². The number of hydrogen-bond acceptors (Lipinski definition) is 1. The molecule has 46 valence electrons. The number of piperidine rings is 1. The van der Waals surface area contributed by atoms with Gasteiger partial charge in [-0.2, -0.15) is 0 Å². The molecule has 0 aromatic heterocycles. The van der Waals surface area contributed by atoms with Crippen LogP contribution in [0.15, 0.2) is 0 Å². The Labute approximate surface area is 51.7 Å². The number of nitrogens with zero attached hydrogens (tertiary/aromatic N) is 1. The second kappa shape index (κ2) is 2.49. The van der Waals surface area contributed by atoms with Gasteiger partial charge in [0.2, 0.25) is 0 Å². The van der Waals surface area contributed by atoms with E-state index in [1.165, 1.54) is 25.9 Å². The number of rotatable bonds is 0. The van der Waals surface area contributed by atoms with E-state index < -0.39 is 0 Å². The molecular weight excluding hydrogens is 98.1 g/mol. The van der Waals surface area contributed by atoms with Gasteiger partial charge in [-0.3, -0.25) is 0 Å². The molecule has 0 N–H and O–H groups in total. The third-order valence-electron chi connectivity index (χ3n) is 1.76. The summed E-state index contributed by atoms with van der Waals surface area (Å²) in [5, 5.41) is 0. The van der Waals surface area contributed by atoms with Gasteiger partial charge < -0.3 is 4.90 Å². The highest BCUT2D eigenvalue weighted by atomic mass is 15.1. The fraction of sp³-hybridized carbons (Fsp3) is 0.857. The Hall–Kier alpha value is -0.0400. The molecule has 1 aliphatic rings.